The summed E-state index contributed by atoms with van der Waals surface area (Å²) in [6.07, 6.45) is 0. The van der Waals surface area contributed by atoms with Crippen LogP contribution in [-0.2, 0) is 0 Å². The number of hydrogen-bond donors (Lipinski definition) is 0. The van der Waals surface area contributed by atoms with Crippen LogP contribution in [0, 0.1) is 20.2 Å². The van der Waals surface area contributed by atoms with Gasteiger partial charge in [0, 0.05) is 18.2 Å². The number of ether oxygens (including phenoxy) is 1. The number of anilines is 1. The van der Waals surface area contributed by atoms with E-state index in [9.17, 15) is 34.6 Å². The fourth-order valence-corrected chi connectivity index (χ4v) is 3.58. The number of non-ortho nitro benzene ring substituents is 1. The van der Waals surface area contributed by atoms with E-state index in [4.69, 9.17) is 4.74 Å². The van der Waals surface area contributed by atoms with Crippen LogP contribution < -0.4 is 9.64 Å². The van der Waals surface area contributed by atoms with Gasteiger partial charge in [-0.1, -0.05) is 0 Å². The van der Waals surface area contributed by atoms with Gasteiger partial charge in [0.15, 0.2) is 0 Å². The molecule has 0 radical (unpaired) electrons. The van der Waals surface area contributed by atoms with E-state index in [0.717, 1.165) is 23.1 Å². The maximum atomic E-state index is 12.7. The van der Waals surface area contributed by atoms with Crippen molar-refractivity contribution in [1.29, 1.82) is 0 Å². The van der Waals surface area contributed by atoms with Crippen molar-refractivity contribution in [2.75, 3.05) is 4.90 Å². The summed E-state index contributed by atoms with van der Waals surface area (Å²) in [5, 5.41) is 22.0. The number of amides is 2. The molecule has 4 rings (SSSR count). The molecule has 0 aromatic heterocycles. The summed E-state index contributed by atoms with van der Waals surface area (Å²) in [5.41, 5.74) is -0.531. The van der Waals surface area contributed by atoms with Gasteiger partial charge >= 0.3 is 5.97 Å². The average molecular weight is 512 g/mol. The van der Waals surface area contributed by atoms with Gasteiger partial charge < -0.3 is 4.74 Å². The lowest BCUT2D eigenvalue weighted by atomic mass is 10.1. The van der Waals surface area contributed by atoms with Gasteiger partial charge in [-0.3, -0.25) is 29.8 Å². The monoisotopic (exact) mass is 511 g/mol. The summed E-state index contributed by atoms with van der Waals surface area (Å²) in [7, 11) is 0. The third-order valence-electron chi connectivity index (χ3n) is 4.76. The lowest BCUT2D eigenvalue weighted by Crippen LogP contribution is -2.29. The summed E-state index contributed by atoms with van der Waals surface area (Å²) in [6, 6.07) is 12.6. The number of halogens is 1. The molecule has 1 aliphatic rings. The highest BCUT2D eigenvalue weighted by Gasteiger charge is 2.37. The number of nitro benzene ring substituents is 2. The van der Waals surface area contributed by atoms with Crippen LogP contribution in [0.3, 0.4) is 0 Å². The van der Waals surface area contributed by atoms with E-state index >= 15 is 0 Å². The van der Waals surface area contributed by atoms with E-state index < -0.39 is 27.6 Å². The Morgan fingerprint density at radius 2 is 1.52 bits per heavy atom. The number of carbonyl (C=O) groups excluding carboxylic acids is 3. The molecule has 0 fully saturated rings. The van der Waals surface area contributed by atoms with Gasteiger partial charge in [0.05, 0.1) is 36.7 Å². The quantitative estimate of drug-likeness (QED) is 0.162. The predicted octanol–water partition coefficient (Wildman–Crippen LogP) is 4.29. The maximum absolute atomic E-state index is 12.7. The summed E-state index contributed by atoms with van der Waals surface area (Å²) in [5.74, 6) is -2.13. The van der Waals surface area contributed by atoms with Crippen LogP contribution in [0.5, 0.6) is 5.75 Å². The summed E-state index contributed by atoms with van der Waals surface area (Å²) < 4.78 is 5.42. The van der Waals surface area contributed by atoms with E-state index in [1.54, 1.807) is 0 Å². The smallest absolute Gasteiger partial charge is 0.343 e. The van der Waals surface area contributed by atoms with Crippen molar-refractivity contribution in [2.24, 2.45) is 0 Å². The van der Waals surface area contributed by atoms with Crippen LogP contribution in [0.2, 0.25) is 0 Å². The van der Waals surface area contributed by atoms with Crippen LogP contribution in [0.4, 0.5) is 17.1 Å². The largest absolute Gasteiger partial charge is 0.423 e. The molecule has 164 valence electrons. The molecule has 0 unspecified atom stereocenters. The topological polar surface area (TPSA) is 150 Å². The molecule has 11 nitrogen and oxygen atoms in total. The predicted molar refractivity (Wildman–Crippen MR) is 116 cm³/mol. The molecule has 1 aliphatic heterocycles. The van der Waals surface area contributed by atoms with Gasteiger partial charge in [0.2, 0.25) is 0 Å². The third kappa shape index (κ3) is 3.94. The average Bonchev–Trinajstić information content (AvgIpc) is 3.04. The van der Waals surface area contributed by atoms with Crippen LogP contribution >= 0.6 is 15.9 Å². The van der Waals surface area contributed by atoms with Gasteiger partial charge in [0.1, 0.15) is 5.75 Å². The van der Waals surface area contributed by atoms with E-state index in [1.165, 1.54) is 42.5 Å². The second-order valence-electron chi connectivity index (χ2n) is 6.74. The zero-order valence-electron chi connectivity index (χ0n) is 16.3. The van der Waals surface area contributed by atoms with Gasteiger partial charge in [-0.25, -0.2) is 9.69 Å². The fourth-order valence-electron chi connectivity index (χ4n) is 3.19. The molecule has 33 heavy (non-hydrogen) atoms. The summed E-state index contributed by atoms with van der Waals surface area (Å²) in [6.45, 7) is 0. The number of rotatable bonds is 5. The zero-order valence-corrected chi connectivity index (χ0v) is 17.8. The Bertz CT molecular complexity index is 1370. The molecule has 3 aromatic carbocycles. The molecule has 0 aliphatic carbocycles. The van der Waals surface area contributed by atoms with Crippen molar-refractivity contribution in [2.45, 2.75) is 0 Å². The number of benzene rings is 3. The van der Waals surface area contributed by atoms with Crippen molar-refractivity contribution in [1.82, 2.24) is 0 Å². The Balaban J connectivity index is 1.54. The minimum atomic E-state index is -0.841. The SMILES string of the molecule is O=C(Oc1ccc(N2C(=O)c3ccc([N+](=O)[O-])cc3C2=O)cc1)c1ccc(Br)c([N+](=O)[O-])c1. The summed E-state index contributed by atoms with van der Waals surface area (Å²) in [4.78, 5) is 59.2. The molecule has 0 bridgehead atoms. The normalized spacial score (nSPS) is 12.5. The van der Waals surface area contributed by atoms with Gasteiger partial charge in [-0.15, -0.1) is 0 Å². The Labute approximate surface area is 192 Å². The summed E-state index contributed by atoms with van der Waals surface area (Å²) >= 11 is 3.03. The van der Waals surface area contributed by atoms with Crippen molar-refractivity contribution in [3.8, 4) is 5.75 Å². The van der Waals surface area contributed by atoms with Gasteiger partial charge in [-0.2, -0.15) is 0 Å². The maximum Gasteiger partial charge on any atom is 0.343 e. The van der Waals surface area contributed by atoms with Crippen molar-refractivity contribution >= 4 is 50.8 Å². The number of imide groups is 1. The minimum Gasteiger partial charge on any atom is -0.423 e. The lowest BCUT2D eigenvalue weighted by molar-refractivity contribution is -0.385. The molecule has 0 saturated carbocycles. The zero-order chi connectivity index (χ0) is 23.9. The first-order valence-corrected chi connectivity index (χ1v) is 9.90. The number of nitrogens with zero attached hydrogens (tertiary/aromatic N) is 3. The van der Waals surface area contributed by atoms with Crippen LogP contribution in [0.1, 0.15) is 31.1 Å². The second kappa shape index (κ2) is 8.24. The highest BCUT2D eigenvalue weighted by Crippen LogP contribution is 2.32. The first-order valence-electron chi connectivity index (χ1n) is 9.11. The number of nitro groups is 2. The highest BCUT2D eigenvalue weighted by molar-refractivity contribution is 9.10. The van der Waals surface area contributed by atoms with E-state index in [-0.39, 0.29) is 44.0 Å². The molecule has 0 saturated heterocycles. The molecule has 0 N–H and O–H groups in total. The molecular weight excluding hydrogens is 502 g/mol. The molecule has 3 aromatic rings. The molecule has 1 heterocycles. The van der Waals surface area contributed by atoms with Crippen LogP contribution in [-0.4, -0.2) is 27.6 Å². The Morgan fingerprint density at radius 3 is 2.15 bits per heavy atom. The van der Waals surface area contributed by atoms with Gasteiger partial charge in [-0.05, 0) is 58.4 Å². The molecular formula is C21H10BrN3O8. The second-order valence-corrected chi connectivity index (χ2v) is 7.59. The molecule has 0 atom stereocenters. The first-order chi connectivity index (χ1) is 15.7. The van der Waals surface area contributed by atoms with Crippen molar-refractivity contribution in [3.05, 3.63) is 102 Å². The number of esters is 1. The standard InChI is InChI=1S/C21H10BrN3O8/c22-17-8-1-11(9-18(17)25(31)32)21(28)33-14-5-2-12(3-6-14)23-19(26)15-7-4-13(24(29)30)10-16(15)20(23)27/h1-10H. The van der Waals surface area contributed by atoms with Crippen molar-refractivity contribution in [3.63, 3.8) is 0 Å². The molecule has 2 amide bonds. The van der Waals surface area contributed by atoms with Gasteiger partial charge in [0.25, 0.3) is 23.2 Å². The van der Waals surface area contributed by atoms with Crippen molar-refractivity contribution < 1.29 is 29.0 Å². The fraction of sp³-hybridized carbons (Fsp3) is 0. The number of hydrogen-bond acceptors (Lipinski definition) is 8. The first kappa shape index (κ1) is 21.8. The number of carbonyl (C=O) groups is 3. The van der Waals surface area contributed by atoms with E-state index in [2.05, 4.69) is 15.9 Å². The Kier molecular flexibility index (Phi) is 5.44. The number of fused-ring (bicyclic) bond motifs is 1. The molecule has 12 heteroatoms. The molecule has 0 spiro atoms. The minimum absolute atomic E-state index is 0.0398. The third-order valence-corrected chi connectivity index (χ3v) is 5.44. The van der Waals surface area contributed by atoms with E-state index in [0.29, 0.717) is 0 Å². The highest BCUT2D eigenvalue weighted by atomic mass is 79.9. The van der Waals surface area contributed by atoms with Crippen LogP contribution in [0.25, 0.3) is 0 Å². The van der Waals surface area contributed by atoms with Crippen LogP contribution in [0.15, 0.2) is 65.1 Å². The Hall–Kier alpha value is -4.45. The van der Waals surface area contributed by atoms with E-state index in [1.807, 2.05) is 0 Å². The lowest BCUT2D eigenvalue weighted by Gasteiger charge is -2.14. The Morgan fingerprint density at radius 1 is 0.848 bits per heavy atom.